The normalized spacial score (nSPS) is 20.5. The zero-order chi connectivity index (χ0) is 55.8. The summed E-state index contributed by atoms with van der Waals surface area (Å²) in [7, 11) is 8.48. The summed E-state index contributed by atoms with van der Waals surface area (Å²) in [5.41, 5.74) is 1.64. The third-order valence-corrected chi connectivity index (χ3v) is 12.5. The van der Waals surface area contributed by atoms with Gasteiger partial charge in [-0.3, -0.25) is 24.3 Å². The van der Waals surface area contributed by atoms with E-state index in [1.807, 2.05) is 70.7 Å². The van der Waals surface area contributed by atoms with E-state index in [1.165, 1.54) is 18.1 Å². The SMILES string of the molecule is CC(=O)OOC(C)=O.CC(C)(C)OC(=O)N1CCC(=O)CC1.CN1CC(Cc2ccc(Cl)cc2)N(C2CCN(C(=O)OC(C)(C)C)CC2)C[C@@H]1CO.CN1CC(Cc2ccc(Cl)cc2)NC[C@@H]1CO.[B-]OC(C)=O.[Na+]. The fourth-order valence-corrected chi connectivity index (χ4v) is 8.44. The van der Waals surface area contributed by atoms with Gasteiger partial charge in [-0.05, 0) is 117 Å². The van der Waals surface area contributed by atoms with Crippen molar-refractivity contribution in [1.29, 1.82) is 0 Å². The van der Waals surface area contributed by atoms with Crippen LogP contribution in [-0.2, 0) is 55.9 Å². The Kier molecular flexibility index (Phi) is 32.5. The van der Waals surface area contributed by atoms with E-state index in [-0.39, 0.29) is 72.8 Å². The van der Waals surface area contributed by atoms with Crippen LogP contribution in [0, 0.1) is 0 Å². The van der Waals surface area contributed by atoms with Gasteiger partial charge in [0.15, 0.2) is 0 Å². The molecule has 75 heavy (non-hydrogen) atoms. The number of carbonyl (C=O) groups excluding carboxylic acids is 6. The largest absolute Gasteiger partial charge is 1.00 e. The van der Waals surface area contributed by atoms with Gasteiger partial charge in [-0.1, -0.05) is 47.5 Å². The number of benzene rings is 2. The molecule has 3 N–H and O–H groups in total. The first kappa shape index (κ1) is 69.5. The summed E-state index contributed by atoms with van der Waals surface area (Å²) < 4.78 is 14.3. The van der Waals surface area contributed by atoms with Gasteiger partial charge in [0.25, 0.3) is 0 Å². The molecule has 0 aromatic heterocycles. The molecule has 2 aromatic carbocycles. The maximum Gasteiger partial charge on any atom is 1.00 e. The van der Waals surface area contributed by atoms with Gasteiger partial charge in [0, 0.05) is 126 Å². The number of carbonyl (C=O) groups is 6. The summed E-state index contributed by atoms with van der Waals surface area (Å²) in [6.45, 7) is 21.1. The van der Waals surface area contributed by atoms with E-state index in [4.69, 9.17) is 32.7 Å². The topological polar surface area (TPSA) is 217 Å². The van der Waals surface area contributed by atoms with Crippen molar-refractivity contribution in [2.24, 2.45) is 0 Å². The van der Waals surface area contributed by atoms with Crippen LogP contribution < -0.4 is 34.9 Å². The van der Waals surface area contributed by atoms with Crippen LogP contribution in [-0.4, -0.2) is 200 Å². The summed E-state index contributed by atoms with van der Waals surface area (Å²) >= 11 is 11.9. The molecule has 0 saturated carbocycles. The van der Waals surface area contributed by atoms with Crippen molar-refractivity contribution in [1.82, 2.24) is 29.8 Å². The Morgan fingerprint density at radius 2 is 1.05 bits per heavy atom. The van der Waals surface area contributed by atoms with Gasteiger partial charge in [-0.25, -0.2) is 29.0 Å². The number of rotatable bonds is 7. The molecule has 4 saturated heterocycles. The van der Waals surface area contributed by atoms with E-state index in [0.29, 0.717) is 57.1 Å². The zero-order valence-electron chi connectivity index (χ0n) is 46.3. The van der Waals surface area contributed by atoms with E-state index in [0.717, 1.165) is 75.8 Å². The first-order valence-corrected chi connectivity index (χ1v) is 25.7. The number of ether oxygens (including phenoxy) is 2. The molecule has 0 bridgehead atoms. The van der Waals surface area contributed by atoms with Crippen molar-refractivity contribution in [3.05, 3.63) is 69.7 Å². The van der Waals surface area contributed by atoms with Gasteiger partial charge in [0.1, 0.15) is 17.0 Å². The third-order valence-electron chi connectivity index (χ3n) is 12.0. The quantitative estimate of drug-likeness (QED) is 0.206. The molecular weight excluding hydrogens is 1020 g/mol. The van der Waals surface area contributed by atoms with Gasteiger partial charge in [0.2, 0.25) is 5.97 Å². The van der Waals surface area contributed by atoms with Crippen LogP contribution in [0.15, 0.2) is 48.5 Å². The number of Topliss-reactive ketones (excluding diaryl/α,β-unsaturated/α-hetero) is 1. The molecule has 415 valence electrons. The molecule has 19 nitrogen and oxygen atoms in total. The van der Waals surface area contributed by atoms with Crippen molar-refractivity contribution < 1.29 is 92.4 Å². The Morgan fingerprint density at radius 1 is 0.640 bits per heavy atom. The number of aliphatic hydroxyl groups is 2. The minimum Gasteiger partial charge on any atom is -0.793 e. The minimum atomic E-state index is -0.639. The number of nitrogens with zero attached hydrogens (tertiary/aromatic N) is 5. The summed E-state index contributed by atoms with van der Waals surface area (Å²) in [6.07, 6.45) is 4.19. The number of hydrogen-bond donors (Lipinski definition) is 3. The molecule has 4 atom stereocenters. The van der Waals surface area contributed by atoms with Crippen LogP contribution in [0.25, 0.3) is 0 Å². The van der Waals surface area contributed by atoms with Crippen molar-refractivity contribution in [3.8, 4) is 0 Å². The fourth-order valence-electron chi connectivity index (χ4n) is 8.19. The van der Waals surface area contributed by atoms with Gasteiger partial charge in [-0.15, -0.1) is 0 Å². The number of halogens is 2. The third kappa shape index (κ3) is 29.1. The number of amides is 2. The first-order valence-electron chi connectivity index (χ1n) is 24.9. The summed E-state index contributed by atoms with van der Waals surface area (Å²) in [5, 5.41) is 24.0. The Morgan fingerprint density at radius 3 is 1.44 bits per heavy atom. The molecule has 0 spiro atoms. The zero-order valence-corrected chi connectivity index (χ0v) is 49.8. The number of piperidine rings is 2. The van der Waals surface area contributed by atoms with E-state index in [2.05, 4.69) is 80.9 Å². The molecular formula is C52H81BCl2N6NaO13. The maximum absolute atomic E-state index is 12.4. The number of aliphatic hydroxyl groups excluding tert-OH is 2. The standard InChI is InChI=1S/C23H36ClN3O3.C13H19ClN2O.C10H17NO3.C4H6O4.C2H3BO2.Na/c1-23(2,3)30-22(29)26-11-9-19(10-12-26)27-15-21(16-28)25(4)14-20(27)13-17-5-7-18(24)8-6-17;1-16-8-12(15-7-13(16)9-17)6-10-2-4-11(14)5-3-10;1-10(2,3)14-9(13)11-6-4-8(12)5-7-11;1-3(5)7-8-4(2)6;1-2(4)5-3;/h5-8,19-21,28H,9-16H2,1-4H3;2-5,12-13,15,17H,6-9H2,1H3;4-7H2,1-3H3;1-2H3;1H3;/q;;;;-1;+1/t20?,21-;12?,13-;;;;/m11..../s1. The molecule has 0 aliphatic carbocycles. The molecule has 23 heteroatoms. The fraction of sp³-hybridized carbons (Fsp3) is 0.654. The average molecular weight is 1100 g/mol. The molecule has 4 aliphatic rings. The van der Waals surface area contributed by atoms with Crippen LogP contribution in [0.5, 0.6) is 0 Å². The van der Waals surface area contributed by atoms with Crippen LogP contribution in [0.1, 0.15) is 99.1 Å². The maximum atomic E-state index is 12.4. The number of likely N-dealkylation sites (tertiary alicyclic amines) is 2. The number of hydrogen-bond acceptors (Lipinski definition) is 17. The van der Waals surface area contributed by atoms with Crippen LogP contribution in [0.4, 0.5) is 9.59 Å². The molecule has 2 amide bonds. The molecule has 4 fully saturated rings. The van der Waals surface area contributed by atoms with Crippen molar-refractivity contribution >= 4 is 67.1 Å². The number of nitrogens with one attached hydrogen (secondary N) is 1. The smallest absolute Gasteiger partial charge is 0.793 e. The number of ketones is 1. The van der Waals surface area contributed by atoms with E-state index < -0.39 is 29.1 Å². The second-order valence-electron chi connectivity index (χ2n) is 20.6. The Hall–Kier alpha value is -3.54. The number of piperazine rings is 2. The predicted molar refractivity (Wildman–Crippen MR) is 284 cm³/mol. The van der Waals surface area contributed by atoms with E-state index in [9.17, 15) is 39.0 Å². The first-order chi connectivity index (χ1) is 34.6. The average Bonchev–Trinajstić information content (AvgIpc) is 3.32. The van der Waals surface area contributed by atoms with Crippen molar-refractivity contribution in [2.75, 3.05) is 79.7 Å². The predicted octanol–water partition coefficient (Wildman–Crippen LogP) is 2.66. The van der Waals surface area contributed by atoms with Crippen molar-refractivity contribution in [2.45, 2.75) is 142 Å². The Bertz CT molecular complexity index is 2020. The number of likely N-dealkylation sites (N-methyl/N-ethyl adjacent to an activating group) is 2. The van der Waals surface area contributed by atoms with E-state index >= 15 is 0 Å². The minimum absolute atomic E-state index is 0. The molecule has 2 aromatic rings. The summed E-state index contributed by atoms with van der Waals surface area (Å²) in [6, 6.07) is 17.7. The second-order valence-corrected chi connectivity index (χ2v) is 21.5. The monoisotopic (exact) mass is 1100 g/mol. The molecule has 6 rings (SSSR count). The van der Waals surface area contributed by atoms with Gasteiger partial charge >= 0.3 is 53.7 Å². The van der Waals surface area contributed by atoms with Crippen LogP contribution >= 0.6 is 23.2 Å². The van der Waals surface area contributed by atoms with Gasteiger partial charge in [0.05, 0.1) is 13.2 Å². The van der Waals surface area contributed by atoms with Crippen LogP contribution in [0.2, 0.25) is 10.0 Å². The summed E-state index contributed by atoms with van der Waals surface area (Å²) in [5.74, 6) is -1.52. The molecule has 4 aliphatic heterocycles. The molecule has 3 radical (unpaired) electrons. The second kappa shape index (κ2) is 35.1. The van der Waals surface area contributed by atoms with Crippen molar-refractivity contribution in [3.63, 3.8) is 0 Å². The van der Waals surface area contributed by atoms with E-state index in [1.54, 1.807) is 4.90 Å². The summed E-state index contributed by atoms with van der Waals surface area (Å²) in [4.78, 5) is 82.1. The van der Waals surface area contributed by atoms with Gasteiger partial charge in [-0.2, -0.15) is 0 Å². The van der Waals surface area contributed by atoms with Crippen LogP contribution in [0.3, 0.4) is 0 Å². The Labute approximate surface area is 478 Å². The van der Waals surface area contributed by atoms with Gasteiger partial charge < -0.3 is 47.5 Å². The molecule has 4 heterocycles. The Balaban J connectivity index is 0.000000530. The molecule has 2 unspecified atom stereocenters.